The molecule has 2 aromatic rings. The number of rotatable bonds is 7. The number of para-hydroxylation sites is 1. The normalized spacial score (nSPS) is 10.6. The van der Waals surface area contributed by atoms with E-state index in [0.717, 1.165) is 27.0 Å². The Kier molecular flexibility index (Phi) is 5.37. The number of aliphatic carboxylic acids is 1. The van der Waals surface area contributed by atoms with Crippen LogP contribution in [0.15, 0.2) is 24.3 Å². The smallest absolute Gasteiger partial charge is 0.313 e. The van der Waals surface area contributed by atoms with Gasteiger partial charge in [-0.2, -0.15) is 0 Å². The summed E-state index contributed by atoms with van der Waals surface area (Å²) in [4.78, 5) is 26.2. The third kappa shape index (κ3) is 4.50. The lowest BCUT2D eigenvalue weighted by Gasteiger charge is -2.02. The predicted octanol–water partition coefficient (Wildman–Crippen LogP) is 1.77. The third-order valence-corrected chi connectivity index (χ3v) is 4.47. The highest BCUT2D eigenvalue weighted by atomic mass is 32.2. The van der Waals surface area contributed by atoms with Gasteiger partial charge >= 0.3 is 5.97 Å². The molecule has 2 rings (SSSR count). The summed E-state index contributed by atoms with van der Waals surface area (Å²) in [6.07, 6.45) is 0.689. The molecule has 7 heteroatoms. The van der Waals surface area contributed by atoms with Crippen molar-refractivity contribution in [2.45, 2.75) is 6.42 Å². The van der Waals surface area contributed by atoms with Crippen LogP contribution in [0.5, 0.6) is 0 Å². The quantitative estimate of drug-likeness (QED) is 0.815. The lowest BCUT2D eigenvalue weighted by atomic mass is 10.3. The number of hydrogen-bond acceptors (Lipinski definition) is 5. The van der Waals surface area contributed by atoms with Crippen LogP contribution in [-0.4, -0.2) is 40.0 Å². The molecule has 0 saturated carbocycles. The molecule has 1 aromatic carbocycles. The van der Waals surface area contributed by atoms with Crippen molar-refractivity contribution in [1.82, 2.24) is 10.3 Å². The van der Waals surface area contributed by atoms with E-state index in [1.54, 1.807) is 11.3 Å². The molecule has 0 bridgehead atoms. The first-order valence-corrected chi connectivity index (χ1v) is 8.03. The van der Waals surface area contributed by atoms with Gasteiger partial charge in [0.15, 0.2) is 0 Å². The van der Waals surface area contributed by atoms with Crippen molar-refractivity contribution in [3.63, 3.8) is 0 Å². The summed E-state index contributed by atoms with van der Waals surface area (Å²) in [5.74, 6) is -0.924. The molecule has 0 fully saturated rings. The maximum Gasteiger partial charge on any atom is 0.313 e. The van der Waals surface area contributed by atoms with E-state index < -0.39 is 5.97 Å². The highest BCUT2D eigenvalue weighted by Crippen LogP contribution is 2.21. The zero-order valence-corrected chi connectivity index (χ0v) is 12.3. The van der Waals surface area contributed by atoms with Crippen molar-refractivity contribution in [3.8, 4) is 0 Å². The number of thioether (sulfide) groups is 1. The summed E-state index contributed by atoms with van der Waals surface area (Å²) in [5.41, 5.74) is 0.982. The van der Waals surface area contributed by atoms with Crippen LogP contribution in [0, 0.1) is 0 Å². The second kappa shape index (κ2) is 7.25. The minimum Gasteiger partial charge on any atom is -0.481 e. The van der Waals surface area contributed by atoms with Gasteiger partial charge in [-0.1, -0.05) is 12.1 Å². The monoisotopic (exact) mass is 310 g/mol. The summed E-state index contributed by atoms with van der Waals surface area (Å²) in [7, 11) is 0. The molecule has 1 heterocycles. The van der Waals surface area contributed by atoms with E-state index in [9.17, 15) is 9.59 Å². The van der Waals surface area contributed by atoms with Crippen molar-refractivity contribution in [3.05, 3.63) is 29.3 Å². The molecular weight excluding hydrogens is 296 g/mol. The topological polar surface area (TPSA) is 79.3 Å². The number of hydrogen-bond donors (Lipinski definition) is 2. The number of benzene rings is 1. The molecular formula is C13H14N2O3S2. The van der Waals surface area contributed by atoms with Gasteiger partial charge in [0.25, 0.3) is 0 Å². The Morgan fingerprint density at radius 2 is 2.10 bits per heavy atom. The largest absolute Gasteiger partial charge is 0.481 e. The number of thiazole rings is 1. The fourth-order valence-electron chi connectivity index (χ4n) is 1.62. The van der Waals surface area contributed by atoms with Crippen molar-refractivity contribution in [1.29, 1.82) is 0 Å². The number of carbonyl (C=O) groups excluding carboxylic acids is 1. The van der Waals surface area contributed by atoms with Crippen molar-refractivity contribution < 1.29 is 14.7 Å². The Hall–Kier alpha value is -1.60. The second-order valence-electron chi connectivity index (χ2n) is 4.06. The number of aromatic nitrogens is 1. The number of fused-ring (bicyclic) bond motifs is 1. The molecule has 0 aliphatic carbocycles. The summed E-state index contributed by atoms with van der Waals surface area (Å²) >= 11 is 2.72. The van der Waals surface area contributed by atoms with Crippen LogP contribution in [0.4, 0.5) is 0 Å². The Morgan fingerprint density at radius 3 is 2.85 bits per heavy atom. The van der Waals surface area contributed by atoms with Crippen LogP contribution in [0.25, 0.3) is 10.2 Å². The standard InChI is InChI=1S/C13H14N2O3S2/c16-11(7-19-8-13(17)18)14-6-5-12-15-9-3-1-2-4-10(9)20-12/h1-4H,5-8H2,(H,14,16)(H,17,18). The second-order valence-corrected chi connectivity index (χ2v) is 6.16. The highest BCUT2D eigenvalue weighted by Gasteiger charge is 2.06. The Bertz CT molecular complexity index is 579. The minimum atomic E-state index is -0.905. The maximum atomic E-state index is 11.4. The molecule has 2 N–H and O–H groups in total. The van der Waals surface area contributed by atoms with Crippen LogP contribution >= 0.6 is 23.1 Å². The number of carbonyl (C=O) groups is 2. The van der Waals surface area contributed by atoms with Crippen LogP contribution in [-0.2, 0) is 16.0 Å². The fraction of sp³-hybridized carbons (Fsp3) is 0.308. The molecule has 1 aromatic heterocycles. The molecule has 5 nitrogen and oxygen atoms in total. The average Bonchev–Trinajstić information content (AvgIpc) is 2.80. The van der Waals surface area contributed by atoms with E-state index in [2.05, 4.69) is 10.3 Å². The summed E-state index contributed by atoms with van der Waals surface area (Å²) in [5, 5.41) is 12.2. The molecule has 0 aliphatic heterocycles. The van der Waals surface area contributed by atoms with Crippen molar-refractivity contribution >= 4 is 45.2 Å². The lowest BCUT2D eigenvalue weighted by Crippen LogP contribution is -2.27. The molecule has 0 aliphatic rings. The fourth-order valence-corrected chi connectivity index (χ4v) is 3.15. The van der Waals surface area contributed by atoms with Gasteiger partial charge < -0.3 is 10.4 Å². The van der Waals surface area contributed by atoms with Gasteiger partial charge in [-0.3, -0.25) is 9.59 Å². The number of nitrogens with zero attached hydrogens (tertiary/aromatic N) is 1. The highest BCUT2D eigenvalue weighted by molar-refractivity contribution is 8.00. The average molecular weight is 310 g/mol. The van der Waals surface area contributed by atoms with Gasteiger partial charge in [-0.15, -0.1) is 23.1 Å². The van der Waals surface area contributed by atoms with Crippen molar-refractivity contribution in [2.24, 2.45) is 0 Å². The number of carboxylic acid groups (broad SMARTS) is 1. The van der Waals surface area contributed by atoms with Gasteiger partial charge in [0.05, 0.1) is 26.7 Å². The molecule has 0 radical (unpaired) electrons. The van der Waals surface area contributed by atoms with Gasteiger partial charge in [-0.05, 0) is 12.1 Å². The van der Waals surface area contributed by atoms with E-state index >= 15 is 0 Å². The van der Waals surface area contributed by atoms with Gasteiger partial charge in [-0.25, -0.2) is 4.98 Å². The number of carboxylic acids is 1. The van der Waals surface area contributed by atoms with Crippen LogP contribution in [0.1, 0.15) is 5.01 Å². The van der Waals surface area contributed by atoms with Gasteiger partial charge in [0.2, 0.25) is 5.91 Å². The maximum absolute atomic E-state index is 11.4. The first kappa shape index (κ1) is 14.8. The first-order valence-electron chi connectivity index (χ1n) is 6.06. The van der Waals surface area contributed by atoms with Gasteiger partial charge in [0, 0.05) is 13.0 Å². The summed E-state index contributed by atoms with van der Waals surface area (Å²) < 4.78 is 1.14. The third-order valence-electron chi connectivity index (χ3n) is 2.46. The molecule has 0 unspecified atom stereocenters. The van der Waals surface area contributed by atoms with Crippen LogP contribution in [0.2, 0.25) is 0 Å². The lowest BCUT2D eigenvalue weighted by molar-refractivity contribution is -0.133. The zero-order chi connectivity index (χ0) is 14.4. The van der Waals surface area contributed by atoms with E-state index in [-0.39, 0.29) is 17.4 Å². The van der Waals surface area contributed by atoms with E-state index in [1.807, 2.05) is 24.3 Å². The van der Waals surface area contributed by atoms with Crippen LogP contribution < -0.4 is 5.32 Å². The first-order chi connectivity index (χ1) is 9.65. The van der Waals surface area contributed by atoms with Gasteiger partial charge in [0.1, 0.15) is 0 Å². The Labute approximate surface area is 124 Å². The molecule has 106 valence electrons. The Morgan fingerprint density at radius 1 is 1.30 bits per heavy atom. The van der Waals surface area contributed by atoms with E-state index in [1.165, 1.54) is 0 Å². The molecule has 0 atom stereocenters. The van der Waals surface area contributed by atoms with E-state index in [0.29, 0.717) is 13.0 Å². The molecule has 0 saturated heterocycles. The number of amides is 1. The molecule has 0 spiro atoms. The zero-order valence-electron chi connectivity index (χ0n) is 10.7. The van der Waals surface area contributed by atoms with Crippen LogP contribution in [0.3, 0.4) is 0 Å². The Balaban J connectivity index is 1.72. The summed E-state index contributed by atoms with van der Waals surface area (Å²) in [6.45, 7) is 0.520. The SMILES string of the molecule is O=C(O)CSCC(=O)NCCc1nc2ccccc2s1. The summed E-state index contributed by atoms with van der Waals surface area (Å²) in [6, 6.07) is 7.92. The number of nitrogens with one attached hydrogen (secondary N) is 1. The van der Waals surface area contributed by atoms with Crippen molar-refractivity contribution in [2.75, 3.05) is 18.1 Å². The molecule has 20 heavy (non-hydrogen) atoms. The van der Waals surface area contributed by atoms with E-state index in [4.69, 9.17) is 5.11 Å². The minimum absolute atomic E-state index is 0.0503. The predicted molar refractivity (Wildman–Crippen MR) is 81.3 cm³/mol. The molecule has 1 amide bonds.